The molecule has 18 heavy (non-hydrogen) atoms. The molecule has 1 fully saturated rings. The second-order valence-corrected chi connectivity index (χ2v) is 4.79. The predicted octanol–water partition coefficient (Wildman–Crippen LogP) is 0.316. The van der Waals surface area contributed by atoms with Crippen molar-refractivity contribution >= 4 is 5.91 Å². The molecule has 0 spiro atoms. The van der Waals surface area contributed by atoms with Gasteiger partial charge in [-0.05, 0) is 18.5 Å². The van der Waals surface area contributed by atoms with Gasteiger partial charge in [0.05, 0.1) is 12.5 Å². The third-order valence-corrected chi connectivity index (χ3v) is 3.36. The van der Waals surface area contributed by atoms with E-state index in [9.17, 15) is 9.90 Å². The van der Waals surface area contributed by atoms with Gasteiger partial charge in [0.2, 0.25) is 5.91 Å². The van der Waals surface area contributed by atoms with Crippen LogP contribution < -0.4 is 10.6 Å². The number of aliphatic hydroxyl groups excluding tert-OH is 1. The number of hydrogen-bond donors (Lipinski definition) is 3. The first kappa shape index (κ1) is 13.1. The van der Waals surface area contributed by atoms with Gasteiger partial charge >= 0.3 is 0 Å². The van der Waals surface area contributed by atoms with Gasteiger partial charge in [0.25, 0.3) is 0 Å². The quantitative estimate of drug-likeness (QED) is 0.719. The van der Waals surface area contributed by atoms with Crippen LogP contribution in [0.25, 0.3) is 0 Å². The SMILES string of the molecule is O=C(Cc1ccccc1)NC[C@@H]1CCNC[C@H]1O. The summed E-state index contributed by atoms with van der Waals surface area (Å²) in [7, 11) is 0. The van der Waals surface area contributed by atoms with Crippen LogP contribution in [0.4, 0.5) is 0 Å². The Morgan fingerprint density at radius 2 is 2.17 bits per heavy atom. The molecule has 3 N–H and O–H groups in total. The van der Waals surface area contributed by atoms with Crippen molar-refractivity contribution in [3.05, 3.63) is 35.9 Å². The van der Waals surface area contributed by atoms with Crippen LogP contribution in [0.1, 0.15) is 12.0 Å². The zero-order valence-electron chi connectivity index (χ0n) is 10.4. The average molecular weight is 248 g/mol. The summed E-state index contributed by atoms with van der Waals surface area (Å²) < 4.78 is 0. The fourth-order valence-corrected chi connectivity index (χ4v) is 2.22. The van der Waals surface area contributed by atoms with E-state index in [1.807, 2.05) is 30.3 Å². The van der Waals surface area contributed by atoms with Crippen LogP contribution in [0.2, 0.25) is 0 Å². The molecule has 0 unspecified atom stereocenters. The summed E-state index contributed by atoms with van der Waals surface area (Å²) in [5.74, 6) is 0.193. The highest BCUT2D eigenvalue weighted by molar-refractivity contribution is 5.78. The first-order chi connectivity index (χ1) is 8.75. The lowest BCUT2D eigenvalue weighted by molar-refractivity contribution is -0.120. The molecule has 0 bridgehead atoms. The number of carbonyl (C=O) groups excluding carboxylic acids is 1. The molecule has 98 valence electrons. The fraction of sp³-hybridized carbons (Fsp3) is 0.500. The van der Waals surface area contributed by atoms with Gasteiger partial charge in [0, 0.05) is 19.0 Å². The van der Waals surface area contributed by atoms with Gasteiger partial charge in [-0.2, -0.15) is 0 Å². The molecule has 0 radical (unpaired) electrons. The van der Waals surface area contributed by atoms with Crippen molar-refractivity contribution in [1.82, 2.24) is 10.6 Å². The Balaban J connectivity index is 1.74. The molecule has 2 rings (SSSR count). The molecule has 1 heterocycles. The summed E-state index contributed by atoms with van der Waals surface area (Å²) in [6.07, 6.45) is 0.963. The zero-order valence-corrected chi connectivity index (χ0v) is 10.4. The van der Waals surface area contributed by atoms with E-state index >= 15 is 0 Å². The lowest BCUT2D eigenvalue weighted by atomic mass is 9.95. The van der Waals surface area contributed by atoms with Crippen LogP contribution in [0.5, 0.6) is 0 Å². The summed E-state index contributed by atoms with van der Waals surface area (Å²) in [5.41, 5.74) is 1.01. The molecule has 0 aromatic heterocycles. The number of rotatable bonds is 4. The minimum absolute atomic E-state index is 0.0203. The Morgan fingerprint density at radius 3 is 2.89 bits per heavy atom. The molecule has 0 saturated carbocycles. The van der Waals surface area contributed by atoms with Crippen molar-refractivity contribution in [2.45, 2.75) is 18.9 Å². The van der Waals surface area contributed by atoms with Crippen LogP contribution in [-0.4, -0.2) is 36.8 Å². The van der Waals surface area contributed by atoms with Gasteiger partial charge in [-0.25, -0.2) is 0 Å². The van der Waals surface area contributed by atoms with Crippen LogP contribution >= 0.6 is 0 Å². The van der Waals surface area contributed by atoms with Gasteiger partial charge in [0.1, 0.15) is 0 Å². The van der Waals surface area contributed by atoms with Crippen molar-refractivity contribution in [2.24, 2.45) is 5.92 Å². The summed E-state index contributed by atoms with van der Waals surface area (Å²) >= 11 is 0. The minimum Gasteiger partial charge on any atom is -0.391 e. The zero-order chi connectivity index (χ0) is 12.8. The Labute approximate surface area is 107 Å². The smallest absolute Gasteiger partial charge is 0.224 e. The second-order valence-electron chi connectivity index (χ2n) is 4.79. The van der Waals surface area contributed by atoms with Gasteiger partial charge in [0.15, 0.2) is 0 Å². The Kier molecular flexibility index (Phi) is 4.73. The van der Waals surface area contributed by atoms with Crippen LogP contribution in [-0.2, 0) is 11.2 Å². The van der Waals surface area contributed by atoms with Gasteiger partial charge in [-0.3, -0.25) is 4.79 Å². The molecule has 1 aromatic carbocycles. The third kappa shape index (κ3) is 3.82. The van der Waals surface area contributed by atoms with Crippen LogP contribution in [0.15, 0.2) is 30.3 Å². The maximum absolute atomic E-state index is 11.8. The molecular formula is C14H20N2O2. The Bertz CT molecular complexity index is 381. The summed E-state index contributed by atoms with van der Waals surface area (Å²) in [6.45, 7) is 2.10. The number of carbonyl (C=O) groups is 1. The largest absolute Gasteiger partial charge is 0.391 e. The highest BCUT2D eigenvalue weighted by atomic mass is 16.3. The van der Waals surface area contributed by atoms with Crippen molar-refractivity contribution in [3.63, 3.8) is 0 Å². The van der Waals surface area contributed by atoms with Crippen molar-refractivity contribution in [1.29, 1.82) is 0 Å². The number of piperidine rings is 1. The van der Waals surface area contributed by atoms with E-state index in [-0.39, 0.29) is 17.9 Å². The number of aliphatic hydroxyl groups is 1. The number of hydrogen-bond acceptors (Lipinski definition) is 3. The maximum Gasteiger partial charge on any atom is 0.224 e. The predicted molar refractivity (Wildman–Crippen MR) is 70.1 cm³/mol. The van der Waals surface area contributed by atoms with Gasteiger partial charge < -0.3 is 15.7 Å². The van der Waals surface area contributed by atoms with E-state index < -0.39 is 0 Å². The first-order valence-electron chi connectivity index (χ1n) is 6.45. The standard InChI is InChI=1S/C14H20N2O2/c17-13-10-15-7-6-12(13)9-16-14(18)8-11-4-2-1-3-5-11/h1-5,12-13,15,17H,6-10H2,(H,16,18)/t12-,13+/m0/s1. The average Bonchev–Trinajstić information content (AvgIpc) is 2.39. The van der Waals surface area contributed by atoms with Crippen LogP contribution in [0, 0.1) is 5.92 Å². The molecule has 1 saturated heterocycles. The second kappa shape index (κ2) is 6.52. The lowest BCUT2D eigenvalue weighted by Gasteiger charge is -2.28. The van der Waals surface area contributed by atoms with E-state index in [1.54, 1.807) is 0 Å². The molecule has 1 aromatic rings. The maximum atomic E-state index is 11.8. The highest BCUT2D eigenvalue weighted by Gasteiger charge is 2.22. The first-order valence-corrected chi connectivity index (χ1v) is 6.45. The van der Waals surface area contributed by atoms with Crippen molar-refractivity contribution in [3.8, 4) is 0 Å². The molecule has 1 aliphatic rings. The van der Waals surface area contributed by atoms with E-state index in [1.165, 1.54) is 0 Å². The molecule has 0 aliphatic carbocycles. The van der Waals surface area contributed by atoms with Crippen LogP contribution in [0.3, 0.4) is 0 Å². The summed E-state index contributed by atoms with van der Waals surface area (Å²) in [6, 6.07) is 9.68. The lowest BCUT2D eigenvalue weighted by Crippen LogP contribution is -2.45. The molecular weight excluding hydrogens is 228 g/mol. The molecule has 4 heteroatoms. The van der Waals surface area contributed by atoms with E-state index in [4.69, 9.17) is 0 Å². The number of β-amino-alcohol motifs (C(OH)–C–C–N with tert-alkyl or cyclic N) is 1. The van der Waals surface area contributed by atoms with Gasteiger partial charge in [-0.15, -0.1) is 0 Å². The topological polar surface area (TPSA) is 61.4 Å². The summed E-state index contributed by atoms with van der Waals surface area (Å²) in [5, 5.41) is 15.8. The Morgan fingerprint density at radius 1 is 1.39 bits per heavy atom. The van der Waals surface area contributed by atoms with Gasteiger partial charge in [-0.1, -0.05) is 30.3 Å². The minimum atomic E-state index is -0.351. The normalized spacial score (nSPS) is 23.6. The Hall–Kier alpha value is -1.39. The van der Waals surface area contributed by atoms with Crippen molar-refractivity contribution in [2.75, 3.05) is 19.6 Å². The third-order valence-electron chi connectivity index (χ3n) is 3.36. The number of benzene rings is 1. The van der Waals surface area contributed by atoms with E-state index in [0.717, 1.165) is 18.5 Å². The summed E-state index contributed by atoms with van der Waals surface area (Å²) in [4.78, 5) is 11.8. The molecule has 1 aliphatic heterocycles. The number of amides is 1. The molecule has 4 nitrogen and oxygen atoms in total. The monoisotopic (exact) mass is 248 g/mol. The molecule has 2 atom stereocenters. The van der Waals surface area contributed by atoms with E-state index in [0.29, 0.717) is 19.5 Å². The highest BCUT2D eigenvalue weighted by Crippen LogP contribution is 2.11. The fourth-order valence-electron chi connectivity index (χ4n) is 2.22. The number of nitrogens with one attached hydrogen (secondary N) is 2. The molecule has 1 amide bonds. The van der Waals surface area contributed by atoms with Crippen molar-refractivity contribution < 1.29 is 9.90 Å². The van der Waals surface area contributed by atoms with E-state index in [2.05, 4.69) is 10.6 Å².